The van der Waals surface area contributed by atoms with Gasteiger partial charge in [0, 0.05) is 31.8 Å². The summed E-state index contributed by atoms with van der Waals surface area (Å²) < 4.78 is 5.41. The minimum Gasteiger partial charge on any atom is -0.494 e. The summed E-state index contributed by atoms with van der Waals surface area (Å²) in [5.74, 6) is 0.0306. The molecule has 3 aromatic rings. The zero-order valence-electron chi connectivity index (χ0n) is 18.5. The number of nitro benzene ring substituents is 2. The summed E-state index contributed by atoms with van der Waals surface area (Å²) in [6, 6.07) is 14.7. The van der Waals surface area contributed by atoms with Crippen LogP contribution in [-0.2, 0) is 0 Å². The summed E-state index contributed by atoms with van der Waals surface area (Å²) in [4.78, 5) is 35.3. The van der Waals surface area contributed by atoms with Gasteiger partial charge in [-0.3, -0.25) is 25.0 Å². The Kier molecular flexibility index (Phi) is 7.11. The second kappa shape index (κ2) is 10.2. The lowest BCUT2D eigenvalue weighted by molar-refractivity contribution is -0.393. The average Bonchev–Trinajstić information content (AvgIpc) is 2.83. The molecule has 34 heavy (non-hydrogen) atoms. The third-order valence-electron chi connectivity index (χ3n) is 4.70. The number of hydrogen-bond acceptors (Lipinski definition) is 9. The zero-order chi connectivity index (χ0) is 24.8. The van der Waals surface area contributed by atoms with E-state index in [0.717, 1.165) is 18.2 Å². The van der Waals surface area contributed by atoms with Crippen LogP contribution >= 0.6 is 0 Å². The molecule has 0 saturated carbocycles. The lowest BCUT2D eigenvalue weighted by Gasteiger charge is -2.19. The summed E-state index contributed by atoms with van der Waals surface area (Å²) in [5.41, 5.74) is 0.297. The number of anilines is 2. The summed E-state index contributed by atoms with van der Waals surface area (Å²) in [7, 11) is 5.05. The first-order valence-corrected chi connectivity index (χ1v) is 9.81. The fourth-order valence-corrected chi connectivity index (χ4v) is 3.00. The Balaban J connectivity index is 2.08. The van der Waals surface area contributed by atoms with Gasteiger partial charge in [-0.15, -0.1) is 10.2 Å². The summed E-state index contributed by atoms with van der Waals surface area (Å²) in [5, 5.41) is 33.1. The molecule has 0 aliphatic heterocycles. The number of nitrogens with zero attached hydrogens (tertiary/aromatic N) is 5. The van der Waals surface area contributed by atoms with Crippen molar-refractivity contribution < 1.29 is 19.4 Å². The van der Waals surface area contributed by atoms with Crippen LogP contribution in [0.4, 0.5) is 34.1 Å². The summed E-state index contributed by atoms with van der Waals surface area (Å²) >= 11 is 0. The van der Waals surface area contributed by atoms with Crippen LogP contribution in [0.1, 0.15) is 10.4 Å². The number of nitro groups is 2. The molecule has 0 unspecified atom stereocenters. The summed E-state index contributed by atoms with van der Waals surface area (Å²) in [6.07, 6.45) is 0. The first kappa shape index (κ1) is 23.8. The third-order valence-corrected chi connectivity index (χ3v) is 4.70. The van der Waals surface area contributed by atoms with E-state index in [9.17, 15) is 25.0 Å². The van der Waals surface area contributed by atoms with E-state index in [1.165, 1.54) is 13.2 Å². The molecule has 12 heteroatoms. The van der Waals surface area contributed by atoms with Gasteiger partial charge < -0.3 is 15.0 Å². The van der Waals surface area contributed by atoms with Crippen molar-refractivity contribution in [2.24, 2.45) is 10.2 Å². The Morgan fingerprint density at radius 1 is 0.941 bits per heavy atom. The smallest absolute Gasteiger partial charge is 0.303 e. The Bertz CT molecular complexity index is 1280. The number of nitrogens with one attached hydrogen (secondary N) is 1. The number of carbonyl (C=O) groups excluding carboxylic acids is 1. The number of rotatable bonds is 8. The fraction of sp³-hybridized carbons (Fsp3) is 0.136. The van der Waals surface area contributed by atoms with E-state index in [4.69, 9.17) is 4.74 Å². The van der Waals surface area contributed by atoms with Gasteiger partial charge in [0.1, 0.15) is 11.4 Å². The van der Waals surface area contributed by atoms with E-state index in [2.05, 4.69) is 15.5 Å². The van der Waals surface area contributed by atoms with E-state index in [1.54, 1.807) is 55.4 Å². The molecular weight excluding hydrogens is 444 g/mol. The molecule has 0 bridgehead atoms. The van der Waals surface area contributed by atoms with E-state index >= 15 is 0 Å². The maximum atomic E-state index is 12.7. The lowest BCUT2D eigenvalue weighted by atomic mass is 10.1. The minimum absolute atomic E-state index is 0.166. The highest BCUT2D eigenvalue weighted by molar-refractivity contribution is 6.06. The number of amides is 1. The SMILES string of the molecule is COc1cc(N=Nc2ccc([N+](=O)[O-])cc2[N+](=O)[O-])c(NC(=O)c2ccccc2)cc1N(C)C. The van der Waals surface area contributed by atoms with E-state index in [-0.39, 0.29) is 17.1 Å². The molecule has 0 fully saturated rings. The molecule has 174 valence electrons. The van der Waals surface area contributed by atoms with Crippen molar-refractivity contribution in [1.82, 2.24) is 0 Å². The Morgan fingerprint density at radius 3 is 2.21 bits per heavy atom. The Hall–Kier alpha value is -4.87. The molecule has 0 spiro atoms. The predicted octanol–water partition coefficient (Wildman–Crippen LogP) is 5.25. The molecule has 0 aromatic heterocycles. The number of carbonyl (C=O) groups is 1. The van der Waals surface area contributed by atoms with Gasteiger partial charge in [-0.2, -0.15) is 0 Å². The Morgan fingerprint density at radius 2 is 1.62 bits per heavy atom. The first-order valence-electron chi connectivity index (χ1n) is 9.81. The van der Waals surface area contributed by atoms with Crippen molar-refractivity contribution in [3.05, 3.63) is 86.5 Å². The molecule has 0 heterocycles. The van der Waals surface area contributed by atoms with Gasteiger partial charge in [-0.05, 0) is 24.3 Å². The summed E-state index contributed by atoms with van der Waals surface area (Å²) in [6.45, 7) is 0. The van der Waals surface area contributed by atoms with Crippen LogP contribution in [-0.4, -0.2) is 37.0 Å². The fourth-order valence-electron chi connectivity index (χ4n) is 3.00. The quantitative estimate of drug-likeness (QED) is 0.271. The Labute approximate surface area is 193 Å². The molecule has 1 N–H and O–H groups in total. The monoisotopic (exact) mass is 464 g/mol. The maximum Gasteiger partial charge on any atom is 0.303 e. The van der Waals surface area contributed by atoms with Crippen LogP contribution in [0.3, 0.4) is 0 Å². The van der Waals surface area contributed by atoms with Crippen LogP contribution in [0.15, 0.2) is 70.9 Å². The van der Waals surface area contributed by atoms with Crippen molar-refractivity contribution >= 4 is 40.0 Å². The van der Waals surface area contributed by atoms with Gasteiger partial charge in [0.15, 0.2) is 5.69 Å². The van der Waals surface area contributed by atoms with Crippen molar-refractivity contribution in [2.75, 3.05) is 31.4 Å². The third kappa shape index (κ3) is 5.30. The molecule has 12 nitrogen and oxygen atoms in total. The first-order chi connectivity index (χ1) is 16.2. The predicted molar refractivity (Wildman–Crippen MR) is 126 cm³/mol. The van der Waals surface area contributed by atoms with Gasteiger partial charge in [0.05, 0.1) is 34.4 Å². The normalized spacial score (nSPS) is 10.7. The van der Waals surface area contributed by atoms with E-state index in [1.807, 2.05) is 0 Å². The van der Waals surface area contributed by atoms with E-state index < -0.39 is 27.1 Å². The lowest BCUT2D eigenvalue weighted by Crippen LogP contribution is -2.14. The molecule has 0 atom stereocenters. The molecule has 3 aromatic carbocycles. The van der Waals surface area contributed by atoms with Crippen molar-refractivity contribution in [3.63, 3.8) is 0 Å². The van der Waals surface area contributed by atoms with Crippen molar-refractivity contribution in [1.29, 1.82) is 0 Å². The van der Waals surface area contributed by atoms with Crippen LogP contribution in [0.5, 0.6) is 5.75 Å². The standard InChI is InChI=1S/C22H20N6O6/c1-26(2)20-12-17(23-22(29)14-7-5-4-6-8-14)18(13-21(20)34-3)25-24-16-10-9-15(27(30)31)11-19(16)28(32)33/h4-13H,1-3H3,(H,23,29). The highest BCUT2D eigenvalue weighted by Gasteiger charge is 2.20. The largest absolute Gasteiger partial charge is 0.494 e. The highest BCUT2D eigenvalue weighted by Crippen LogP contribution is 2.40. The molecule has 1 amide bonds. The number of methoxy groups -OCH3 is 1. The highest BCUT2D eigenvalue weighted by atomic mass is 16.6. The van der Waals surface area contributed by atoms with Crippen LogP contribution in [0.2, 0.25) is 0 Å². The molecular formula is C22H20N6O6. The van der Waals surface area contributed by atoms with Crippen LogP contribution in [0.25, 0.3) is 0 Å². The number of azo groups is 1. The number of non-ortho nitro benzene ring substituents is 1. The molecule has 3 rings (SSSR count). The van der Waals surface area contributed by atoms with Gasteiger partial charge in [0.25, 0.3) is 11.6 Å². The van der Waals surface area contributed by atoms with Gasteiger partial charge >= 0.3 is 5.69 Å². The van der Waals surface area contributed by atoms with Crippen molar-refractivity contribution in [2.45, 2.75) is 0 Å². The molecule has 0 aliphatic carbocycles. The van der Waals surface area contributed by atoms with Gasteiger partial charge in [-0.25, -0.2) is 0 Å². The van der Waals surface area contributed by atoms with Crippen molar-refractivity contribution in [3.8, 4) is 5.75 Å². The number of hydrogen-bond donors (Lipinski definition) is 1. The second-order valence-corrected chi connectivity index (χ2v) is 7.14. The van der Waals surface area contributed by atoms with Gasteiger partial charge in [0.2, 0.25) is 0 Å². The minimum atomic E-state index is -0.783. The molecule has 0 aliphatic rings. The van der Waals surface area contributed by atoms with Crippen LogP contribution in [0, 0.1) is 20.2 Å². The topological polar surface area (TPSA) is 153 Å². The molecule has 0 radical (unpaired) electrons. The molecule has 0 saturated heterocycles. The number of ether oxygens (including phenoxy) is 1. The van der Waals surface area contributed by atoms with Crippen LogP contribution < -0.4 is 15.0 Å². The van der Waals surface area contributed by atoms with E-state index in [0.29, 0.717) is 17.0 Å². The zero-order valence-corrected chi connectivity index (χ0v) is 18.5. The average molecular weight is 464 g/mol. The number of benzene rings is 3. The maximum absolute atomic E-state index is 12.7. The second-order valence-electron chi connectivity index (χ2n) is 7.14. The van der Waals surface area contributed by atoms with Gasteiger partial charge in [-0.1, -0.05) is 18.2 Å².